The van der Waals surface area contributed by atoms with Gasteiger partial charge < -0.3 is 5.11 Å². The average molecular weight is 243 g/mol. The fraction of sp³-hybridized carbons (Fsp3) is 0.455. The molecule has 2 N–H and O–H groups in total. The normalized spacial score (nSPS) is 13.5. The monoisotopic (exact) mass is 243 g/mol. The van der Waals surface area contributed by atoms with E-state index in [9.17, 15) is 8.42 Å². The SMILES string of the molecule is Cc1ccc(NS(=O)(=O)C(C)CO)c(C)c1. The lowest BCUT2D eigenvalue weighted by Crippen LogP contribution is -2.28. The van der Waals surface area contributed by atoms with Crippen molar-refractivity contribution in [2.45, 2.75) is 26.0 Å². The van der Waals surface area contributed by atoms with Crippen LogP contribution >= 0.6 is 0 Å². The maximum atomic E-state index is 11.7. The molecule has 1 aromatic rings. The number of hydrogen-bond donors (Lipinski definition) is 2. The van der Waals surface area contributed by atoms with Crippen molar-refractivity contribution in [1.82, 2.24) is 0 Å². The van der Waals surface area contributed by atoms with Crippen LogP contribution in [-0.2, 0) is 10.0 Å². The quantitative estimate of drug-likeness (QED) is 0.840. The van der Waals surface area contributed by atoms with Gasteiger partial charge in [-0.1, -0.05) is 17.7 Å². The Morgan fingerprint density at radius 2 is 2.00 bits per heavy atom. The topological polar surface area (TPSA) is 66.4 Å². The van der Waals surface area contributed by atoms with E-state index in [0.717, 1.165) is 11.1 Å². The molecule has 0 radical (unpaired) electrons. The van der Waals surface area contributed by atoms with E-state index in [1.807, 2.05) is 26.0 Å². The van der Waals surface area contributed by atoms with Crippen molar-refractivity contribution in [3.63, 3.8) is 0 Å². The highest BCUT2D eigenvalue weighted by Crippen LogP contribution is 2.18. The van der Waals surface area contributed by atoms with Crippen molar-refractivity contribution >= 4 is 15.7 Å². The largest absolute Gasteiger partial charge is 0.395 e. The summed E-state index contributed by atoms with van der Waals surface area (Å²) in [4.78, 5) is 0. The average Bonchev–Trinajstić information content (AvgIpc) is 2.21. The zero-order valence-corrected chi connectivity index (χ0v) is 10.5. The number of sulfonamides is 1. The molecule has 0 heterocycles. The highest BCUT2D eigenvalue weighted by Gasteiger charge is 2.20. The second kappa shape index (κ2) is 4.84. The van der Waals surface area contributed by atoms with Gasteiger partial charge in [-0.15, -0.1) is 0 Å². The second-order valence-electron chi connectivity index (χ2n) is 3.96. The maximum Gasteiger partial charge on any atom is 0.237 e. The minimum Gasteiger partial charge on any atom is -0.395 e. The van der Waals surface area contributed by atoms with Crippen LogP contribution in [0.4, 0.5) is 5.69 Å². The first-order valence-corrected chi connectivity index (χ1v) is 6.61. The maximum absolute atomic E-state index is 11.7. The first-order chi connectivity index (χ1) is 7.36. The molecule has 1 unspecified atom stereocenters. The summed E-state index contributed by atoms with van der Waals surface area (Å²) >= 11 is 0. The van der Waals surface area contributed by atoms with Crippen LogP contribution in [0.2, 0.25) is 0 Å². The summed E-state index contributed by atoms with van der Waals surface area (Å²) in [5.41, 5.74) is 2.51. The highest BCUT2D eigenvalue weighted by molar-refractivity contribution is 7.93. The zero-order chi connectivity index (χ0) is 12.3. The van der Waals surface area contributed by atoms with E-state index in [4.69, 9.17) is 5.11 Å². The van der Waals surface area contributed by atoms with Crippen LogP contribution in [0.25, 0.3) is 0 Å². The number of aliphatic hydroxyl groups is 1. The van der Waals surface area contributed by atoms with Gasteiger partial charge in [-0.05, 0) is 32.4 Å². The number of hydrogen-bond acceptors (Lipinski definition) is 3. The highest BCUT2D eigenvalue weighted by atomic mass is 32.2. The van der Waals surface area contributed by atoms with E-state index in [2.05, 4.69) is 4.72 Å². The molecule has 0 aromatic heterocycles. The predicted octanol–water partition coefficient (Wildman–Crippen LogP) is 1.43. The Balaban J connectivity index is 2.97. The van der Waals surface area contributed by atoms with Gasteiger partial charge in [-0.25, -0.2) is 8.42 Å². The van der Waals surface area contributed by atoms with Crippen molar-refractivity contribution in [1.29, 1.82) is 0 Å². The number of anilines is 1. The molecule has 5 heteroatoms. The lowest BCUT2D eigenvalue weighted by atomic mass is 10.1. The molecule has 0 aliphatic heterocycles. The molecule has 16 heavy (non-hydrogen) atoms. The third-order valence-electron chi connectivity index (χ3n) is 2.42. The Hall–Kier alpha value is -1.07. The van der Waals surface area contributed by atoms with Crippen LogP contribution in [-0.4, -0.2) is 25.4 Å². The molecule has 0 saturated carbocycles. The molecule has 1 atom stereocenters. The van der Waals surface area contributed by atoms with E-state index < -0.39 is 15.3 Å². The summed E-state index contributed by atoms with van der Waals surface area (Å²) in [6, 6.07) is 5.47. The van der Waals surface area contributed by atoms with Gasteiger partial charge >= 0.3 is 0 Å². The first-order valence-electron chi connectivity index (χ1n) is 5.06. The van der Waals surface area contributed by atoms with E-state index in [1.165, 1.54) is 6.92 Å². The molecule has 1 rings (SSSR count). The molecule has 90 valence electrons. The number of nitrogens with one attached hydrogen (secondary N) is 1. The van der Waals surface area contributed by atoms with Gasteiger partial charge in [0, 0.05) is 0 Å². The number of benzene rings is 1. The molecular formula is C11H17NO3S. The van der Waals surface area contributed by atoms with Gasteiger partial charge in [-0.2, -0.15) is 0 Å². The van der Waals surface area contributed by atoms with Crippen molar-refractivity contribution in [3.05, 3.63) is 29.3 Å². The Morgan fingerprint density at radius 3 is 2.50 bits per heavy atom. The fourth-order valence-electron chi connectivity index (χ4n) is 1.28. The molecule has 0 saturated heterocycles. The standard InChI is InChI=1S/C11H17NO3S/c1-8-4-5-11(9(2)6-8)12-16(14,15)10(3)7-13/h4-6,10,12-13H,7H2,1-3H3. The van der Waals surface area contributed by atoms with Gasteiger partial charge in [0.15, 0.2) is 0 Å². The first kappa shape index (κ1) is 13.0. The van der Waals surface area contributed by atoms with Crippen molar-refractivity contribution in [2.75, 3.05) is 11.3 Å². The van der Waals surface area contributed by atoms with Gasteiger partial charge in [0.1, 0.15) is 5.25 Å². The summed E-state index contributed by atoms with van der Waals surface area (Å²) in [7, 11) is -3.50. The predicted molar refractivity (Wildman–Crippen MR) is 65.0 cm³/mol. The minimum absolute atomic E-state index is 0.389. The molecule has 0 amide bonds. The molecule has 0 aliphatic carbocycles. The smallest absolute Gasteiger partial charge is 0.237 e. The minimum atomic E-state index is -3.50. The molecule has 1 aromatic carbocycles. The van der Waals surface area contributed by atoms with Crippen molar-refractivity contribution in [2.24, 2.45) is 0 Å². The summed E-state index contributed by atoms with van der Waals surface area (Å²) in [6.45, 7) is 4.86. The van der Waals surface area contributed by atoms with E-state index in [-0.39, 0.29) is 6.61 Å². The van der Waals surface area contributed by atoms with Crippen LogP contribution in [0.3, 0.4) is 0 Å². The number of rotatable bonds is 4. The summed E-state index contributed by atoms with van der Waals surface area (Å²) in [6.07, 6.45) is 0. The Morgan fingerprint density at radius 1 is 1.38 bits per heavy atom. The van der Waals surface area contributed by atoms with Crippen LogP contribution in [0.5, 0.6) is 0 Å². The van der Waals surface area contributed by atoms with Crippen LogP contribution in [0.15, 0.2) is 18.2 Å². The third-order valence-corrected chi connectivity index (χ3v) is 4.13. The van der Waals surface area contributed by atoms with Gasteiger partial charge in [0.25, 0.3) is 0 Å². The zero-order valence-electron chi connectivity index (χ0n) is 9.69. The Bertz CT molecular complexity index is 468. The summed E-state index contributed by atoms with van der Waals surface area (Å²) < 4.78 is 25.9. The number of aryl methyl sites for hydroxylation is 2. The van der Waals surface area contributed by atoms with Crippen LogP contribution in [0.1, 0.15) is 18.1 Å². The van der Waals surface area contributed by atoms with Gasteiger partial charge in [0.05, 0.1) is 12.3 Å². The summed E-state index contributed by atoms with van der Waals surface area (Å²) in [5.74, 6) is 0. The summed E-state index contributed by atoms with van der Waals surface area (Å²) in [5, 5.41) is 8.03. The van der Waals surface area contributed by atoms with E-state index in [0.29, 0.717) is 5.69 Å². The van der Waals surface area contributed by atoms with Gasteiger partial charge in [-0.3, -0.25) is 4.72 Å². The molecular weight excluding hydrogens is 226 g/mol. The van der Waals surface area contributed by atoms with Gasteiger partial charge in [0.2, 0.25) is 10.0 Å². The lowest BCUT2D eigenvalue weighted by molar-refractivity contribution is 0.296. The van der Waals surface area contributed by atoms with E-state index in [1.54, 1.807) is 6.07 Å². The molecule has 0 fully saturated rings. The molecule has 4 nitrogen and oxygen atoms in total. The lowest BCUT2D eigenvalue weighted by Gasteiger charge is -2.14. The fourth-order valence-corrected chi connectivity index (χ4v) is 2.21. The Labute approximate surface area is 96.4 Å². The molecule has 0 spiro atoms. The molecule has 0 bridgehead atoms. The number of aliphatic hydroxyl groups excluding tert-OH is 1. The van der Waals surface area contributed by atoms with Crippen molar-refractivity contribution < 1.29 is 13.5 Å². The van der Waals surface area contributed by atoms with Crippen LogP contribution in [0, 0.1) is 13.8 Å². The van der Waals surface area contributed by atoms with Crippen molar-refractivity contribution in [3.8, 4) is 0 Å². The van der Waals surface area contributed by atoms with Crippen LogP contribution < -0.4 is 4.72 Å². The molecule has 0 aliphatic rings. The third kappa shape index (κ3) is 2.96. The van der Waals surface area contributed by atoms with E-state index >= 15 is 0 Å². The second-order valence-corrected chi connectivity index (χ2v) is 6.06. The Kier molecular flexibility index (Phi) is 3.93.